The Morgan fingerprint density at radius 3 is 2.52 bits per heavy atom. The van der Waals surface area contributed by atoms with Crippen molar-refractivity contribution in [2.45, 2.75) is 37.6 Å². The zero-order valence-corrected chi connectivity index (χ0v) is 16.5. The van der Waals surface area contributed by atoms with Gasteiger partial charge in [-0.05, 0) is 54.3 Å². The fraction of sp³-hybridized carbons (Fsp3) is 0.300. The van der Waals surface area contributed by atoms with Crippen molar-refractivity contribution in [1.29, 1.82) is 0 Å². The second kappa shape index (κ2) is 8.81. The molecule has 1 heterocycles. The van der Waals surface area contributed by atoms with Crippen molar-refractivity contribution in [2.24, 2.45) is 0 Å². The van der Waals surface area contributed by atoms with E-state index >= 15 is 0 Å². The summed E-state index contributed by atoms with van der Waals surface area (Å²) >= 11 is 1.36. The second-order valence-corrected chi connectivity index (χ2v) is 7.71. The van der Waals surface area contributed by atoms with Crippen LogP contribution in [0.15, 0.2) is 53.7 Å². The van der Waals surface area contributed by atoms with Crippen molar-refractivity contribution in [1.82, 2.24) is 25.5 Å². The minimum Gasteiger partial charge on any atom is -0.355 e. The number of thioether (sulfide) groups is 1. The van der Waals surface area contributed by atoms with Crippen LogP contribution in [0.25, 0.3) is 5.69 Å². The van der Waals surface area contributed by atoms with Gasteiger partial charge in [-0.1, -0.05) is 60.3 Å². The molecule has 1 unspecified atom stereocenters. The zero-order chi connectivity index (χ0) is 19.2. The molecule has 0 saturated heterocycles. The van der Waals surface area contributed by atoms with Gasteiger partial charge in [0.05, 0.1) is 10.9 Å². The van der Waals surface area contributed by atoms with Crippen LogP contribution in [0, 0.1) is 13.8 Å². The first-order valence-electron chi connectivity index (χ1n) is 8.89. The Bertz CT molecular complexity index is 889. The summed E-state index contributed by atoms with van der Waals surface area (Å²) in [6.45, 7) is 6.53. The number of nitrogens with zero attached hydrogens (tertiary/aromatic N) is 4. The Labute approximate surface area is 163 Å². The van der Waals surface area contributed by atoms with Gasteiger partial charge in [-0.3, -0.25) is 4.79 Å². The van der Waals surface area contributed by atoms with E-state index in [9.17, 15) is 4.79 Å². The average molecular weight is 382 g/mol. The molecule has 0 aliphatic rings. The van der Waals surface area contributed by atoms with Crippen LogP contribution >= 0.6 is 11.8 Å². The number of aryl methyl sites for hydroxylation is 2. The molecule has 0 aliphatic heterocycles. The number of nitrogens with one attached hydrogen (secondary N) is 1. The normalized spacial score (nSPS) is 12.0. The molecular weight excluding hydrogens is 358 g/mol. The molecule has 0 radical (unpaired) electrons. The minimum absolute atomic E-state index is 0.0213. The van der Waals surface area contributed by atoms with Crippen LogP contribution in [0.5, 0.6) is 0 Å². The molecule has 0 fully saturated rings. The molecule has 7 heteroatoms. The van der Waals surface area contributed by atoms with Crippen molar-refractivity contribution < 1.29 is 4.79 Å². The monoisotopic (exact) mass is 381 g/mol. The quantitative estimate of drug-likeness (QED) is 0.637. The van der Waals surface area contributed by atoms with Crippen LogP contribution in [0.1, 0.15) is 23.6 Å². The number of tetrazole rings is 1. The lowest BCUT2D eigenvalue weighted by atomic mass is 10.1. The van der Waals surface area contributed by atoms with E-state index in [1.807, 2.05) is 57.2 Å². The molecule has 0 spiro atoms. The molecule has 0 aliphatic carbocycles. The SMILES string of the molecule is Cc1cccc(C)c1-n1nnnc1SC(C)C(=O)NCCc1ccccc1. The number of aromatic nitrogens is 4. The van der Waals surface area contributed by atoms with Crippen LogP contribution in [0.3, 0.4) is 0 Å². The van der Waals surface area contributed by atoms with E-state index < -0.39 is 0 Å². The molecule has 6 nitrogen and oxygen atoms in total. The van der Waals surface area contributed by atoms with Crippen molar-refractivity contribution in [3.05, 3.63) is 65.2 Å². The smallest absolute Gasteiger partial charge is 0.233 e. The summed E-state index contributed by atoms with van der Waals surface area (Å²) in [6.07, 6.45) is 0.810. The fourth-order valence-corrected chi connectivity index (χ4v) is 3.68. The van der Waals surface area contributed by atoms with Gasteiger partial charge in [-0.25, -0.2) is 0 Å². The van der Waals surface area contributed by atoms with Crippen molar-refractivity contribution in [2.75, 3.05) is 6.54 Å². The summed E-state index contributed by atoms with van der Waals surface area (Å²) in [7, 11) is 0. The highest BCUT2D eigenvalue weighted by atomic mass is 32.2. The van der Waals surface area contributed by atoms with Gasteiger partial charge in [0.2, 0.25) is 11.1 Å². The highest BCUT2D eigenvalue weighted by Gasteiger charge is 2.20. The van der Waals surface area contributed by atoms with Crippen LogP contribution < -0.4 is 5.32 Å². The van der Waals surface area contributed by atoms with E-state index in [2.05, 4.69) is 33.0 Å². The van der Waals surface area contributed by atoms with Crippen LogP contribution in [0.4, 0.5) is 0 Å². The molecular formula is C20H23N5OS. The van der Waals surface area contributed by atoms with E-state index in [-0.39, 0.29) is 11.2 Å². The third kappa shape index (κ3) is 4.74. The summed E-state index contributed by atoms with van der Waals surface area (Å²) in [5.74, 6) is -0.0213. The third-order valence-corrected chi connectivity index (χ3v) is 5.33. The van der Waals surface area contributed by atoms with Gasteiger partial charge in [0.25, 0.3) is 0 Å². The lowest BCUT2D eigenvalue weighted by Gasteiger charge is -2.13. The third-order valence-electron chi connectivity index (χ3n) is 4.30. The molecule has 1 aromatic heterocycles. The first kappa shape index (κ1) is 19.1. The van der Waals surface area contributed by atoms with E-state index in [1.165, 1.54) is 17.3 Å². The number of rotatable bonds is 7. The number of hydrogen-bond donors (Lipinski definition) is 1. The molecule has 0 saturated carbocycles. The molecule has 3 rings (SSSR count). The average Bonchev–Trinajstić information content (AvgIpc) is 3.10. The minimum atomic E-state index is -0.296. The van der Waals surface area contributed by atoms with E-state index in [1.54, 1.807) is 4.68 Å². The highest BCUT2D eigenvalue weighted by Crippen LogP contribution is 2.26. The fourth-order valence-electron chi connectivity index (χ4n) is 2.86. The van der Waals surface area contributed by atoms with Crippen molar-refractivity contribution in [3.63, 3.8) is 0 Å². The molecule has 1 N–H and O–H groups in total. The molecule has 1 atom stereocenters. The highest BCUT2D eigenvalue weighted by molar-refractivity contribution is 8.00. The van der Waals surface area contributed by atoms with Crippen LogP contribution in [-0.4, -0.2) is 37.9 Å². The predicted octanol–water partition coefficient (Wildman–Crippen LogP) is 3.12. The van der Waals surface area contributed by atoms with Gasteiger partial charge in [0.15, 0.2) is 0 Å². The number of hydrogen-bond acceptors (Lipinski definition) is 5. The van der Waals surface area contributed by atoms with Gasteiger partial charge >= 0.3 is 0 Å². The van der Waals surface area contributed by atoms with Crippen molar-refractivity contribution in [3.8, 4) is 5.69 Å². The Morgan fingerprint density at radius 2 is 1.81 bits per heavy atom. The summed E-state index contributed by atoms with van der Waals surface area (Å²) in [5.41, 5.74) is 4.34. The molecule has 0 bridgehead atoms. The van der Waals surface area contributed by atoms with Crippen LogP contribution in [-0.2, 0) is 11.2 Å². The first-order chi connectivity index (χ1) is 13.1. The maximum atomic E-state index is 12.4. The molecule has 3 aromatic rings. The number of benzene rings is 2. The molecule has 27 heavy (non-hydrogen) atoms. The lowest BCUT2D eigenvalue weighted by molar-refractivity contribution is -0.120. The number of amides is 1. The van der Waals surface area contributed by atoms with E-state index in [0.717, 1.165) is 23.2 Å². The zero-order valence-electron chi connectivity index (χ0n) is 15.7. The van der Waals surface area contributed by atoms with Gasteiger partial charge in [-0.2, -0.15) is 4.68 Å². The summed E-state index contributed by atoms with van der Waals surface area (Å²) < 4.78 is 1.71. The molecule has 2 aromatic carbocycles. The van der Waals surface area contributed by atoms with Gasteiger partial charge in [-0.15, -0.1) is 5.10 Å². The van der Waals surface area contributed by atoms with Gasteiger partial charge in [0.1, 0.15) is 0 Å². The maximum Gasteiger partial charge on any atom is 0.233 e. The Morgan fingerprint density at radius 1 is 1.11 bits per heavy atom. The largest absolute Gasteiger partial charge is 0.355 e. The van der Waals surface area contributed by atoms with E-state index in [0.29, 0.717) is 11.7 Å². The second-order valence-electron chi connectivity index (χ2n) is 6.40. The Hall–Kier alpha value is -2.67. The van der Waals surface area contributed by atoms with Gasteiger partial charge < -0.3 is 5.32 Å². The summed E-state index contributed by atoms with van der Waals surface area (Å²) in [5, 5.41) is 15.3. The standard InChI is InChI=1S/C20H23N5OS/c1-14-8-7-9-15(2)18(14)25-20(22-23-24-25)27-16(3)19(26)21-13-12-17-10-5-4-6-11-17/h4-11,16H,12-13H2,1-3H3,(H,21,26). The summed E-state index contributed by atoms with van der Waals surface area (Å²) in [4.78, 5) is 12.4. The number of carbonyl (C=O) groups excluding carboxylic acids is 1. The summed E-state index contributed by atoms with van der Waals surface area (Å²) in [6, 6.07) is 16.2. The maximum absolute atomic E-state index is 12.4. The predicted molar refractivity (Wildman–Crippen MR) is 107 cm³/mol. The van der Waals surface area contributed by atoms with Gasteiger partial charge in [0, 0.05) is 6.54 Å². The molecule has 140 valence electrons. The number of para-hydroxylation sites is 1. The Balaban J connectivity index is 1.62. The number of carbonyl (C=O) groups is 1. The van der Waals surface area contributed by atoms with Crippen molar-refractivity contribution >= 4 is 17.7 Å². The lowest BCUT2D eigenvalue weighted by Crippen LogP contribution is -2.32. The van der Waals surface area contributed by atoms with Crippen LogP contribution in [0.2, 0.25) is 0 Å². The molecule has 1 amide bonds. The topological polar surface area (TPSA) is 72.7 Å². The van der Waals surface area contributed by atoms with E-state index in [4.69, 9.17) is 0 Å². The Kier molecular flexibility index (Phi) is 6.24. The first-order valence-corrected chi connectivity index (χ1v) is 9.77.